The number of thiophene rings is 1. The van der Waals surface area contributed by atoms with Crippen LogP contribution in [0.15, 0.2) is 32.9 Å². The molecule has 0 aliphatic rings. The molecule has 0 fully saturated rings. The van der Waals surface area contributed by atoms with Gasteiger partial charge < -0.3 is 10.6 Å². The fourth-order valence-corrected chi connectivity index (χ4v) is 4.51. The van der Waals surface area contributed by atoms with Crippen LogP contribution < -0.4 is 15.4 Å². The molecular weight excluding hydrogens is 354 g/mol. The van der Waals surface area contributed by atoms with Gasteiger partial charge >= 0.3 is 0 Å². The van der Waals surface area contributed by atoms with Crippen molar-refractivity contribution in [2.75, 3.05) is 20.1 Å². The number of nitrogens with one attached hydrogen (secondary N) is 3. The molecule has 2 rings (SSSR count). The zero-order valence-corrected chi connectivity index (χ0v) is 15.3. The first-order valence-corrected chi connectivity index (χ1v) is 10.1. The highest BCUT2D eigenvalue weighted by Gasteiger charge is 2.13. The van der Waals surface area contributed by atoms with Gasteiger partial charge in [-0.2, -0.15) is 0 Å². The molecule has 0 saturated carbocycles. The Kier molecular flexibility index (Phi) is 6.51. The Labute approximate surface area is 143 Å². The summed E-state index contributed by atoms with van der Waals surface area (Å²) in [6.45, 7) is 3.30. The van der Waals surface area contributed by atoms with Crippen molar-refractivity contribution in [3.05, 3.63) is 33.6 Å². The summed E-state index contributed by atoms with van der Waals surface area (Å²) in [4.78, 5) is 9.51. The summed E-state index contributed by atoms with van der Waals surface area (Å²) >= 11 is 2.82. The zero-order valence-electron chi connectivity index (χ0n) is 12.9. The van der Waals surface area contributed by atoms with Crippen molar-refractivity contribution in [3.63, 3.8) is 0 Å². The average Bonchev–Trinajstić information content (AvgIpc) is 3.18. The number of thiazole rings is 1. The standard InChI is InChI=1S/C13H19N5O2S3/c1-10-8-16-11(22-10)9-17-13(14-2)15-5-6-18-23(19,20)12-4-3-7-21-12/h3-4,7-8,18H,5-6,9H2,1-2H3,(H2,14,15,17). The second-order valence-corrected chi connectivity index (χ2v) is 8.81. The van der Waals surface area contributed by atoms with Crippen molar-refractivity contribution in [3.8, 4) is 0 Å². The van der Waals surface area contributed by atoms with E-state index in [-0.39, 0.29) is 6.54 Å². The summed E-state index contributed by atoms with van der Waals surface area (Å²) < 4.78 is 26.7. The molecule has 0 saturated heterocycles. The number of aryl methyl sites for hydroxylation is 1. The number of nitrogens with zero attached hydrogens (tertiary/aromatic N) is 2. The number of guanidine groups is 1. The predicted molar refractivity (Wildman–Crippen MR) is 94.6 cm³/mol. The van der Waals surface area contributed by atoms with Gasteiger partial charge in [0, 0.05) is 31.2 Å². The van der Waals surface area contributed by atoms with Gasteiger partial charge in [-0.25, -0.2) is 18.1 Å². The van der Waals surface area contributed by atoms with Crippen molar-refractivity contribution >= 4 is 38.7 Å². The quantitative estimate of drug-likeness (QED) is 0.384. The summed E-state index contributed by atoms with van der Waals surface area (Å²) in [6.07, 6.45) is 1.83. The van der Waals surface area contributed by atoms with Gasteiger partial charge in [-0.15, -0.1) is 22.7 Å². The molecule has 126 valence electrons. The highest BCUT2D eigenvalue weighted by molar-refractivity contribution is 7.91. The predicted octanol–water partition coefficient (Wildman–Crippen LogP) is 1.16. The lowest BCUT2D eigenvalue weighted by Gasteiger charge is -2.11. The molecule has 10 heteroatoms. The Balaban J connectivity index is 1.72. The van der Waals surface area contributed by atoms with Crippen molar-refractivity contribution in [1.29, 1.82) is 0 Å². The monoisotopic (exact) mass is 373 g/mol. The molecule has 0 spiro atoms. The molecule has 0 amide bonds. The summed E-state index contributed by atoms with van der Waals surface area (Å²) in [6, 6.07) is 3.29. The Hall–Kier alpha value is -1.49. The normalized spacial score (nSPS) is 12.3. The minimum absolute atomic E-state index is 0.275. The number of hydrogen-bond acceptors (Lipinski definition) is 6. The zero-order chi connectivity index (χ0) is 16.7. The lowest BCUT2D eigenvalue weighted by molar-refractivity contribution is 0.582. The second kappa shape index (κ2) is 8.39. The van der Waals surface area contributed by atoms with Crippen LogP contribution in [0.2, 0.25) is 0 Å². The lowest BCUT2D eigenvalue weighted by Crippen LogP contribution is -2.41. The van der Waals surface area contributed by atoms with E-state index in [1.807, 2.05) is 13.1 Å². The molecule has 0 aliphatic carbocycles. The maximum absolute atomic E-state index is 11.9. The summed E-state index contributed by atoms with van der Waals surface area (Å²) in [5, 5.41) is 8.90. The van der Waals surface area contributed by atoms with Crippen LogP contribution in [0.4, 0.5) is 0 Å². The molecule has 7 nitrogen and oxygen atoms in total. The fraction of sp³-hybridized carbons (Fsp3) is 0.385. The second-order valence-electron chi connectivity index (χ2n) is 4.55. The van der Waals surface area contributed by atoms with E-state index in [1.54, 1.807) is 35.9 Å². The third-order valence-corrected chi connectivity index (χ3v) is 6.54. The van der Waals surface area contributed by atoms with Gasteiger partial charge in [-0.3, -0.25) is 4.99 Å². The van der Waals surface area contributed by atoms with E-state index in [9.17, 15) is 8.42 Å². The Bertz CT molecular complexity index is 738. The van der Waals surface area contributed by atoms with E-state index in [4.69, 9.17) is 0 Å². The Morgan fingerprint density at radius 3 is 2.78 bits per heavy atom. The van der Waals surface area contributed by atoms with Crippen molar-refractivity contribution in [2.24, 2.45) is 4.99 Å². The van der Waals surface area contributed by atoms with Crippen LogP contribution >= 0.6 is 22.7 Å². The minimum Gasteiger partial charge on any atom is -0.355 e. The van der Waals surface area contributed by atoms with Crippen LogP contribution in [0.1, 0.15) is 9.88 Å². The number of aromatic nitrogens is 1. The fourth-order valence-electron chi connectivity index (χ4n) is 1.72. The van der Waals surface area contributed by atoms with Crippen LogP contribution in [-0.4, -0.2) is 39.5 Å². The van der Waals surface area contributed by atoms with Gasteiger partial charge in [0.1, 0.15) is 9.22 Å². The lowest BCUT2D eigenvalue weighted by atomic mass is 10.6. The summed E-state index contributed by atoms with van der Waals surface area (Å²) in [5.41, 5.74) is 0. The first-order valence-electron chi connectivity index (χ1n) is 6.90. The van der Waals surface area contributed by atoms with E-state index in [0.29, 0.717) is 23.3 Å². The molecule has 0 unspecified atom stereocenters. The molecule has 0 radical (unpaired) electrons. The smallest absolute Gasteiger partial charge is 0.250 e. The number of rotatable bonds is 7. The first-order chi connectivity index (χ1) is 11.0. The van der Waals surface area contributed by atoms with Gasteiger partial charge in [0.2, 0.25) is 10.0 Å². The van der Waals surface area contributed by atoms with Gasteiger partial charge in [0.05, 0.1) is 6.54 Å². The van der Waals surface area contributed by atoms with E-state index in [2.05, 4.69) is 25.3 Å². The largest absolute Gasteiger partial charge is 0.355 e. The van der Waals surface area contributed by atoms with Crippen molar-refractivity contribution in [1.82, 2.24) is 20.3 Å². The molecule has 2 aromatic rings. The molecule has 2 aromatic heterocycles. The third kappa shape index (κ3) is 5.57. The van der Waals surface area contributed by atoms with Gasteiger partial charge in [-0.1, -0.05) is 6.07 Å². The number of hydrogen-bond donors (Lipinski definition) is 3. The van der Waals surface area contributed by atoms with Gasteiger partial charge in [-0.05, 0) is 18.4 Å². The van der Waals surface area contributed by atoms with Crippen LogP contribution in [-0.2, 0) is 16.6 Å². The topological polar surface area (TPSA) is 95.5 Å². The van der Waals surface area contributed by atoms with Crippen LogP contribution in [0.3, 0.4) is 0 Å². The maximum atomic E-state index is 11.9. The summed E-state index contributed by atoms with van der Waals surface area (Å²) in [5.74, 6) is 0.605. The van der Waals surface area contributed by atoms with Gasteiger partial charge in [0.15, 0.2) is 5.96 Å². The molecule has 0 atom stereocenters. The first kappa shape index (κ1) is 17.9. The Morgan fingerprint density at radius 2 is 2.17 bits per heavy atom. The molecule has 0 bridgehead atoms. The Morgan fingerprint density at radius 1 is 1.35 bits per heavy atom. The average molecular weight is 374 g/mol. The highest BCUT2D eigenvalue weighted by atomic mass is 32.2. The van der Waals surface area contributed by atoms with Crippen LogP contribution in [0.5, 0.6) is 0 Å². The van der Waals surface area contributed by atoms with Gasteiger partial charge in [0.25, 0.3) is 0 Å². The number of sulfonamides is 1. The SMILES string of the molecule is CN=C(NCCNS(=O)(=O)c1cccs1)NCc1ncc(C)s1. The van der Waals surface area contributed by atoms with E-state index >= 15 is 0 Å². The molecule has 0 aromatic carbocycles. The van der Waals surface area contributed by atoms with E-state index in [1.165, 1.54) is 11.3 Å². The summed E-state index contributed by atoms with van der Waals surface area (Å²) in [7, 11) is -1.75. The molecule has 23 heavy (non-hydrogen) atoms. The van der Waals surface area contributed by atoms with Crippen LogP contribution in [0.25, 0.3) is 0 Å². The van der Waals surface area contributed by atoms with E-state index < -0.39 is 10.0 Å². The number of aliphatic imine (C=N–C) groups is 1. The molecule has 2 heterocycles. The molecule has 0 aliphatic heterocycles. The maximum Gasteiger partial charge on any atom is 0.250 e. The van der Waals surface area contributed by atoms with Crippen molar-refractivity contribution < 1.29 is 8.42 Å². The molecule has 3 N–H and O–H groups in total. The highest BCUT2D eigenvalue weighted by Crippen LogP contribution is 2.14. The third-order valence-electron chi connectivity index (χ3n) is 2.77. The van der Waals surface area contributed by atoms with Crippen molar-refractivity contribution in [2.45, 2.75) is 17.7 Å². The molecular formula is C13H19N5O2S3. The van der Waals surface area contributed by atoms with Crippen LogP contribution in [0, 0.1) is 6.92 Å². The van der Waals surface area contributed by atoms with E-state index in [0.717, 1.165) is 9.88 Å². The minimum atomic E-state index is -3.41.